The SMILES string of the molecule is CCCn1nnnc1CSc1nc2cc(Cl)ccc2c(=O)n1-c1ccc(Cl)cc1. The summed E-state index contributed by atoms with van der Waals surface area (Å²) in [5, 5.41) is 14.0. The standard InChI is InChI=1S/C19H16Cl2N6OS/c1-2-9-26-17(23-24-25-26)11-29-19-22-16-10-13(21)5-8-15(16)18(28)27(19)14-6-3-12(20)4-7-14/h3-8,10H,2,9,11H2,1H3. The van der Waals surface area contributed by atoms with Crippen molar-refractivity contribution in [1.29, 1.82) is 0 Å². The lowest BCUT2D eigenvalue weighted by Gasteiger charge is -2.13. The van der Waals surface area contributed by atoms with Gasteiger partial charge in [0.25, 0.3) is 5.56 Å². The molecule has 0 radical (unpaired) electrons. The van der Waals surface area contributed by atoms with Crippen molar-refractivity contribution >= 4 is 45.9 Å². The van der Waals surface area contributed by atoms with E-state index in [1.54, 1.807) is 51.7 Å². The van der Waals surface area contributed by atoms with Crippen LogP contribution in [0.25, 0.3) is 16.6 Å². The Morgan fingerprint density at radius 3 is 2.59 bits per heavy atom. The molecular formula is C19H16Cl2N6OS. The summed E-state index contributed by atoms with van der Waals surface area (Å²) < 4.78 is 3.33. The molecule has 4 rings (SSSR count). The van der Waals surface area contributed by atoms with Gasteiger partial charge in [-0.25, -0.2) is 9.67 Å². The minimum absolute atomic E-state index is 0.176. The van der Waals surface area contributed by atoms with Crippen LogP contribution in [0.4, 0.5) is 0 Å². The van der Waals surface area contributed by atoms with Crippen molar-refractivity contribution in [2.45, 2.75) is 30.8 Å². The van der Waals surface area contributed by atoms with Gasteiger partial charge in [0.2, 0.25) is 0 Å². The van der Waals surface area contributed by atoms with Crippen LogP contribution in [0.2, 0.25) is 10.0 Å². The Hall–Kier alpha value is -2.42. The molecule has 7 nitrogen and oxygen atoms in total. The van der Waals surface area contributed by atoms with Crippen molar-refractivity contribution in [3.8, 4) is 5.69 Å². The zero-order valence-electron chi connectivity index (χ0n) is 15.4. The molecule has 0 aliphatic rings. The highest BCUT2D eigenvalue weighted by atomic mass is 35.5. The Morgan fingerprint density at radius 1 is 1.07 bits per heavy atom. The molecule has 0 N–H and O–H groups in total. The van der Waals surface area contributed by atoms with E-state index in [0.29, 0.717) is 37.5 Å². The first-order valence-electron chi connectivity index (χ1n) is 8.93. The smallest absolute Gasteiger partial charge is 0.266 e. The number of aryl methyl sites for hydroxylation is 1. The third-order valence-corrected chi connectivity index (χ3v) is 5.68. The number of fused-ring (bicyclic) bond motifs is 1. The minimum atomic E-state index is -0.176. The van der Waals surface area contributed by atoms with E-state index in [9.17, 15) is 4.79 Å². The molecule has 0 unspecified atom stereocenters. The molecule has 0 aliphatic carbocycles. The maximum absolute atomic E-state index is 13.3. The minimum Gasteiger partial charge on any atom is -0.268 e. The first kappa shape index (κ1) is 19.9. The average molecular weight is 447 g/mol. The van der Waals surface area contributed by atoms with Gasteiger partial charge < -0.3 is 0 Å². The van der Waals surface area contributed by atoms with Gasteiger partial charge in [-0.1, -0.05) is 41.9 Å². The lowest BCUT2D eigenvalue weighted by molar-refractivity contribution is 0.564. The highest BCUT2D eigenvalue weighted by Crippen LogP contribution is 2.25. The largest absolute Gasteiger partial charge is 0.268 e. The number of tetrazole rings is 1. The van der Waals surface area contributed by atoms with Crippen molar-refractivity contribution in [3.05, 3.63) is 68.7 Å². The highest BCUT2D eigenvalue weighted by molar-refractivity contribution is 7.98. The van der Waals surface area contributed by atoms with E-state index < -0.39 is 0 Å². The number of hydrogen-bond acceptors (Lipinski definition) is 6. The predicted octanol–water partition coefficient (Wildman–Crippen LogP) is 4.38. The summed E-state index contributed by atoms with van der Waals surface area (Å²) in [6.45, 7) is 2.79. The fourth-order valence-corrected chi connectivity index (χ4v) is 4.13. The number of thioether (sulfide) groups is 1. The summed E-state index contributed by atoms with van der Waals surface area (Å²) in [6.07, 6.45) is 0.922. The third kappa shape index (κ3) is 4.14. The first-order valence-corrected chi connectivity index (χ1v) is 10.7. The van der Waals surface area contributed by atoms with Crippen LogP contribution in [-0.4, -0.2) is 29.8 Å². The molecule has 0 atom stereocenters. The molecule has 2 aromatic heterocycles. The molecule has 148 valence electrons. The summed E-state index contributed by atoms with van der Waals surface area (Å²) in [4.78, 5) is 18.0. The number of hydrogen-bond donors (Lipinski definition) is 0. The van der Waals surface area contributed by atoms with E-state index in [2.05, 4.69) is 22.4 Å². The molecule has 29 heavy (non-hydrogen) atoms. The van der Waals surface area contributed by atoms with Gasteiger partial charge >= 0.3 is 0 Å². The molecule has 0 saturated carbocycles. The quantitative estimate of drug-likeness (QED) is 0.323. The molecule has 0 amide bonds. The Kier molecular flexibility index (Phi) is 5.84. The Labute approximate surface area is 180 Å². The molecule has 4 aromatic rings. The van der Waals surface area contributed by atoms with Crippen molar-refractivity contribution in [1.82, 2.24) is 29.8 Å². The van der Waals surface area contributed by atoms with E-state index in [1.165, 1.54) is 11.8 Å². The fraction of sp³-hybridized carbons (Fsp3) is 0.211. The van der Waals surface area contributed by atoms with Crippen LogP contribution in [0.5, 0.6) is 0 Å². The topological polar surface area (TPSA) is 78.5 Å². The van der Waals surface area contributed by atoms with E-state index in [1.807, 2.05) is 0 Å². The summed E-state index contributed by atoms with van der Waals surface area (Å²) in [5.74, 6) is 1.19. The summed E-state index contributed by atoms with van der Waals surface area (Å²) in [5.41, 5.74) is 1.05. The second-order valence-corrected chi connectivity index (χ2v) is 8.10. The van der Waals surface area contributed by atoms with Gasteiger partial charge in [0, 0.05) is 16.6 Å². The lowest BCUT2D eigenvalue weighted by Crippen LogP contribution is -2.21. The van der Waals surface area contributed by atoms with Crippen LogP contribution in [0.15, 0.2) is 52.4 Å². The van der Waals surface area contributed by atoms with Crippen molar-refractivity contribution in [3.63, 3.8) is 0 Å². The van der Waals surface area contributed by atoms with Gasteiger partial charge in [-0.05, 0) is 59.3 Å². The zero-order chi connectivity index (χ0) is 20.4. The van der Waals surface area contributed by atoms with E-state index in [-0.39, 0.29) is 5.56 Å². The normalized spacial score (nSPS) is 11.3. The molecule has 0 spiro atoms. The fourth-order valence-electron chi connectivity index (χ4n) is 2.89. The molecule has 0 aliphatic heterocycles. The van der Waals surface area contributed by atoms with Gasteiger partial charge in [0.05, 0.1) is 22.3 Å². The van der Waals surface area contributed by atoms with Gasteiger partial charge in [-0.2, -0.15) is 0 Å². The van der Waals surface area contributed by atoms with Crippen LogP contribution >= 0.6 is 35.0 Å². The Balaban J connectivity index is 1.81. The van der Waals surface area contributed by atoms with Crippen LogP contribution in [-0.2, 0) is 12.3 Å². The van der Waals surface area contributed by atoms with E-state index in [4.69, 9.17) is 28.2 Å². The van der Waals surface area contributed by atoms with Gasteiger partial charge in [0.15, 0.2) is 11.0 Å². The Bertz CT molecular complexity index is 1220. The molecule has 2 heterocycles. The molecule has 0 saturated heterocycles. The van der Waals surface area contributed by atoms with Crippen molar-refractivity contribution in [2.24, 2.45) is 0 Å². The lowest BCUT2D eigenvalue weighted by atomic mass is 10.2. The molecule has 2 aromatic carbocycles. The predicted molar refractivity (Wildman–Crippen MR) is 115 cm³/mol. The summed E-state index contributed by atoms with van der Waals surface area (Å²) in [7, 11) is 0. The molecular weight excluding hydrogens is 431 g/mol. The van der Waals surface area contributed by atoms with Crippen LogP contribution in [0, 0.1) is 0 Å². The number of halogens is 2. The van der Waals surface area contributed by atoms with Crippen LogP contribution in [0.1, 0.15) is 19.2 Å². The maximum Gasteiger partial charge on any atom is 0.266 e. The number of nitrogens with zero attached hydrogens (tertiary/aromatic N) is 6. The highest BCUT2D eigenvalue weighted by Gasteiger charge is 2.15. The number of rotatable bonds is 6. The Morgan fingerprint density at radius 2 is 1.83 bits per heavy atom. The average Bonchev–Trinajstić information content (AvgIpc) is 3.15. The summed E-state index contributed by atoms with van der Waals surface area (Å²) >= 11 is 13.5. The van der Waals surface area contributed by atoms with Gasteiger partial charge in [0.1, 0.15) is 0 Å². The number of benzene rings is 2. The maximum atomic E-state index is 13.3. The monoisotopic (exact) mass is 446 g/mol. The van der Waals surface area contributed by atoms with Crippen LogP contribution in [0.3, 0.4) is 0 Å². The second kappa shape index (κ2) is 8.52. The van der Waals surface area contributed by atoms with E-state index >= 15 is 0 Å². The van der Waals surface area contributed by atoms with Crippen LogP contribution < -0.4 is 5.56 Å². The molecule has 10 heteroatoms. The number of aromatic nitrogens is 6. The van der Waals surface area contributed by atoms with Gasteiger partial charge in [-0.3, -0.25) is 9.36 Å². The second-order valence-electron chi connectivity index (χ2n) is 6.28. The van der Waals surface area contributed by atoms with Gasteiger partial charge in [-0.15, -0.1) is 5.10 Å². The first-order chi connectivity index (χ1) is 14.1. The van der Waals surface area contributed by atoms with Crippen molar-refractivity contribution < 1.29 is 0 Å². The van der Waals surface area contributed by atoms with E-state index in [0.717, 1.165) is 18.8 Å². The molecule has 0 fully saturated rings. The zero-order valence-corrected chi connectivity index (χ0v) is 17.7. The molecule has 0 bridgehead atoms. The van der Waals surface area contributed by atoms with Crippen molar-refractivity contribution in [2.75, 3.05) is 0 Å². The summed E-state index contributed by atoms with van der Waals surface area (Å²) in [6, 6.07) is 12.1. The third-order valence-electron chi connectivity index (χ3n) is 4.26.